The lowest BCUT2D eigenvalue weighted by Gasteiger charge is -2.12. The average Bonchev–Trinajstić information content (AvgIpc) is 2.53. The molecule has 5 heteroatoms. The second kappa shape index (κ2) is 7.05. The van der Waals surface area contributed by atoms with Gasteiger partial charge in [-0.15, -0.1) is 0 Å². The van der Waals surface area contributed by atoms with Gasteiger partial charge in [0.05, 0.1) is 10.5 Å². The number of non-ortho nitro benzene ring substituents is 1. The van der Waals surface area contributed by atoms with Crippen molar-refractivity contribution in [3.63, 3.8) is 0 Å². The molecule has 0 bridgehead atoms. The quantitative estimate of drug-likeness (QED) is 0.451. The summed E-state index contributed by atoms with van der Waals surface area (Å²) in [6.07, 6.45) is 0.265. The number of rotatable bonds is 6. The van der Waals surface area contributed by atoms with E-state index in [0.717, 1.165) is 11.1 Å². The van der Waals surface area contributed by atoms with E-state index in [1.807, 2.05) is 26.0 Å². The number of Topliss-reactive ketones (excluding diaryl/α,β-unsaturated/α-hetero) is 1. The molecule has 0 amide bonds. The lowest BCUT2D eigenvalue weighted by molar-refractivity contribution is -0.384. The van der Waals surface area contributed by atoms with Gasteiger partial charge in [-0.05, 0) is 31.0 Å². The summed E-state index contributed by atoms with van der Waals surface area (Å²) in [6, 6.07) is 10.2. The Kier molecular flexibility index (Phi) is 5.11. The summed E-state index contributed by atoms with van der Waals surface area (Å²) in [7, 11) is 0. The Balaban J connectivity index is 2.28. The van der Waals surface area contributed by atoms with Gasteiger partial charge in [0, 0.05) is 18.6 Å². The molecule has 2 aromatic carbocycles. The van der Waals surface area contributed by atoms with Crippen LogP contribution in [0.25, 0.3) is 0 Å². The first-order chi connectivity index (χ1) is 10.9. The van der Waals surface area contributed by atoms with E-state index in [0.29, 0.717) is 12.4 Å². The Hall–Kier alpha value is -2.69. The van der Waals surface area contributed by atoms with E-state index in [-0.39, 0.29) is 23.5 Å². The van der Waals surface area contributed by atoms with Gasteiger partial charge in [-0.3, -0.25) is 14.9 Å². The van der Waals surface area contributed by atoms with Crippen molar-refractivity contribution in [2.45, 2.75) is 33.8 Å². The number of nitro groups is 1. The highest BCUT2D eigenvalue weighted by atomic mass is 16.6. The van der Waals surface area contributed by atoms with E-state index in [1.165, 1.54) is 23.8 Å². The van der Waals surface area contributed by atoms with Gasteiger partial charge in [-0.25, -0.2) is 0 Å². The number of hydrogen-bond acceptors (Lipinski definition) is 4. The van der Waals surface area contributed by atoms with E-state index < -0.39 is 4.92 Å². The molecule has 23 heavy (non-hydrogen) atoms. The number of benzene rings is 2. The molecular weight excluding hydrogens is 294 g/mol. The van der Waals surface area contributed by atoms with Crippen LogP contribution in [0.5, 0.6) is 5.75 Å². The van der Waals surface area contributed by atoms with Crippen LogP contribution in [-0.4, -0.2) is 10.7 Å². The highest BCUT2D eigenvalue weighted by Gasteiger charge is 2.17. The largest absolute Gasteiger partial charge is 0.488 e. The molecular formula is C18H19NO4. The van der Waals surface area contributed by atoms with Gasteiger partial charge in [-0.1, -0.05) is 30.7 Å². The Bertz CT molecular complexity index is 753. The number of hydrogen-bond donors (Lipinski definition) is 0. The van der Waals surface area contributed by atoms with Gasteiger partial charge in [0.25, 0.3) is 5.69 Å². The number of ether oxygens (including phenoxy) is 1. The van der Waals surface area contributed by atoms with Crippen LogP contribution in [0, 0.1) is 24.0 Å². The number of carbonyl (C=O) groups is 1. The van der Waals surface area contributed by atoms with Gasteiger partial charge in [-0.2, -0.15) is 0 Å². The summed E-state index contributed by atoms with van der Waals surface area (Å²) in [6.45, 7) is 6.05. The molecule has 0 aliphatic rings. The van der Waals surface area contributed by atoms with Crippen molar-refractivity contribution in [2.24, 2.45) is 0 Å². The molecule has 0 saturated carbocycles. The third-order valence-electron chi connectivity index (χ3n) is 3.68. The highest BCUT2D eigenvalue weighted by molar-refractivity contribution is 5.99. The maximum atomic E-state index is 12.0. The minimum atomic E-state index is -0.514. The zero-order valence-electron chi connectivity index (χ0n) is 13.5. The Labute approximate surface area is 135 Å². The Morgan fingerprint density at radius 1 is 1.17 bits per heavy atom. The van der Waals surface area contributed by atoms with Crippen LogP contribution >= 0.6 is 0 Å². The first-order valence-electron chi connectivity index (χ1n) is 7.43. The van der Waals surface area contributed by atoms with Crippen LogP contribution in [0.4, 0.5) is 5.69 Å². The molecule has 0 saturated heterocycles. The van der Waals surface area contributed by atoms with Crippen LogP contribution in [0.2, 0.25) is 0 Å². The number of aryl methyl sites for hydroxylation is 2. The van der Waals surface area contributed by atoms with E-state index in [9.17, 15) is 14.9 Å². The van der Waals surface area contributed by atoms with Gasteiger partial charge < -0.3 is 4.74 Å². The maximum Gasteiger partial charge on any atom is 0.270 e. The predicted molar refractivity (Wildman–Crippen MR) is 88.0 cm³/mol. The minimum absolute atomic E-state index is 0.110. The van der Waals surface area contributed by atoms with Crippen LogP contribution in [-0.2, 0) is 6.61 Å². The van der Waals surface area contributed by atoms with Crippen molar-refractivity contribution in [2.75, 3.05) is 0 Å². The zero-order chi connectivity index (χ0) is 17.0. The van der Waals surface area contributed by atoms with Crippen molar-refractivity contribution in [1.82, 2.24) is 0 Å². The number of carbonyl (C=O) groups excluding carboxylic acids is 1. The first kappa shape index (κ1) is 16.7. The molecule has 0 heterocycles. The molecule has 0 atom stereocenters. The fraction of sp³-hybridized carbons (Fsp3) is 0.278. The maximum absolute atomic E-state index is 12.0. The summed E-state index contributed by atoms with van der Waals surface area (Å²) in [5, 5.41) is 10.9. The normalized spacial score (nSPS) is 10.4. The first-order valence-corrected chi connectivity index (χ1v) is 7.43. The van der Waals surface area contributed by atoms with E-state index in [1.54, 1.807) is 6.92 Å². The van der Waals surface area contributed by atoms with E-state index in [4.69, 9.17) is 4.74 Å². The monoisotopic (exact) mass is 313 g/mol. The van der Waals surface area contributed by atoms with Gasteiger partial charge in [0.2, 0.25) is 0 Å². The summed E-state index contributed by atoms with van der Waals surface area (Å²) < 4.78 is 5.76. The van der Waals surface area contributed by atoms with Crippen molar-refractivity contribution in [3.05, 3.63) is 68.8 Å². The molecule has 5 nitrogen and oxygen atoms in total. The Morgan fingerprint density at radius 2 is 1.91 bits per heavy atom. The molecule has 2 rings (SSSR count). The Morgan fingerprint density at radius 3 is 2.52 bits per heavy atom. The number of nitro benzene ring substituents is 1. The topological polar surface area (TPSA) is 69.4 Å². The van der Waals surface area contributed by atoms with Gasteiger partial charge in [0.15, 0.2) is 5.78 Å². The molecule has 0 N–H and O–H groups in total. The minimum Gasteiger partial charge on any atom is -0.488 e. The molecule has 0 aliphatic heterocycles. The van der Waals surface area contributed by atoms with Gasteiger partial charge >= 0.3 is 0 Å². The summed E-state index contributed by atoms with van der Waals surface area (Å²) >= 11 is 0. The highest BCUT2D eigenvalue weighted by Crippen LogP contribution is 2.26. The van der Waals surface area contributed by atoms with E-state index in [2.05, 4.69) is 6.07 Å². The van der Waals surface area contributed by atoms with Crippen molar-refractivity contribution < 1.29 is 14.5 Å². The summed E-state index contributed by atoms with van der Waals surface area (Å²) in [5.41, 5.74) is 3.44. The molecule has 2 aromatic rings. The summed E-state index contributed by atoms with van der Waals surface area (Å²) in [5.74, 6) is 0.201. The lowest BCUT2D eigenvalue weighted by atomic mass is 10.1. The fourth-order valence-corrected chi connectivity index (χ4v) is 2.33. The standard InChI is InChI=1S/C18H19NO4/c1-4-17(20)16-10-15(19(21)22)7-8-18(16)23-11-14-6-5-12(2)9-13(14)3/h5-10H,4,11H2,1-3H3. The molecule has 0 aromatic heterocycles. The van der Waals surface area contributed by atoms with Gasteiger partial charge in [0.1, 0.15) is 12.4 Å². The third-order valence-corrected chi connectivity index (χ3v) is 3.68. The summed E-state index contributed by atoms with van der Waals surface area (Å²) in [4.78, 5) is 22.4. The zero-order valence-corrected chi connectivity index (χ0v) is 13.5. The molecule has 0 aliphatic carbocycles. The molecule has 0 radical (unpaired) electrons. The van der Waals surface area contributed by atoms with E-state index >= 15 is 0 Å². The van der Waals surface area contributed by atoms with Crippen LogP contribution in [0.15, 0.2) is 36.4 Å². The smallest absolute Gasteiger partial charge is 0.270 e. The number of ketones is 1. The average molecular weight is 313 g/mol. The van der Waals surface area contributed by atoms with Crippen molar-refractivity contribution in [3.8, 4) is 5.75 Å². The number of nitrogens with zero attached hydrogens (tertiary/aromatic N) is 1. The predicted octanol–water partition coefficient (Wildman–Crippen LogP) is 4.38. The van der Waals surface area contributed by atoms with Crippen LogP contribution in [0.1, 0.15) is 40.4 Å². The second-order valence-electron chi connectivity index (χ2n) is 5.43. The SMILES string of the molecule is CCC(=O)c1cc([N+](=O)[O-])ccc1OCc1ccc(C)cc1C. The van der Waals surface area contributed by atoms with Crippen molar-refractivity contribution in [1.29, 1.82) is 0 Å². The lowest BCUT2D eigenvalue weighted by Crippen LogP contribution is -2.05. The fourth-order valence-electron chi connectivity index (χ4n) is 2.33. The third kappa shape index (κ3) is 3.94. The van der Waals surface area contributed by atoms with Crippen LogP contribution in [0.3, 0.4) is 0 Å². The molecule has 120 valence electrons. The second-order valence-corrected chi connectivity index (χ2v) is 5.43. The van der Waals surface area contributed by atoms with Crippen LogP contribution < -0.4 is 4.74 Å². The van der Waals surface area contributed by atoms with Crippen molar-refractivity contribution >= 4 is 11.5 Å². The molecule has 0 unspecified atom stereocenters. The molecule has 0 spiro atoms. The molecule has 0 fully saturated rings.